The number of anilines is 1. The molecule has 134 valence electrons. The maximum atomic E-state index is 12.3. The van der Waals surface area contributed by atoms with Crippen molar-refractivity contribution in [3.8, 4) is 5.75 Å². The third kappa shape index (κ3) is 5.25. The number of carbonyl (C=O) groups excluding carboxylic acids is 1. The normalized spacial score (nSPS) is 15.5. The Kier molecular flexibility index (Phi) is 6.63. The van der Waals surface area contributed by atoms with Crippen LogP contribution in [-0.2, 0) is 0 Å². The molecule has 0 radical (unpaired) electrons. The van der Waals surface area contributed by atoms with E-state index >= 15 is 0 Å². The lowest BCUT2D eigenvalue weighted by molar-refractivity contribution is 0.0816. The van der Waals surface area contributed by atoms with Crippen LogP contribution >= 0.6 is 0 Å². The molecular formula is C17H25F2N3O2. The van der Waals surface area contributed by atoms with Gasteiger partial charge < -0.3 is 20.3 Å². The van der Waals surface area contributed by atoms with Gasteiger partial charge in [-0.1, -0.05) is 6.07 Å². The maximum absolute atomic E-state index is 12.3. The van der Waals surface area contributed by atoms with Gasteiger partial charge >= 0.3 is 6.03 Å². The minimum Gasteiger partial charge on any atom is -0.487 e. The fraction of sp³-hybridized carbons (Fsp3) is 0.588. The molecule has 0 spiro atoms. The number of rotatable bonds is 6. The Morgan fingerprint density at radius 2 is 2.08 bits per heavy atom. The van der Waals surface area contributed by atoms with Gasteiger partial charge in [0.2, 0.25) is 0 Å². The van der Waals surface area contributed by atoms with Crippen LogP contribution in [0.1, 0.15) is 25.3 Å². The van der Waals surface area contributed by atoms with E-state index in [0.717, 1.165) is 24.1 Å². The minimum absolute atomic E-state index is 0.0195. The molecule has 0 atom stereocenters. The molecule has 2 amide bonds. The number of benzene rings is 1. The number of urea groups is 1. The fourth-order valence-corrected chi connectivity index (χ4v) is 2.72. The van der Waals surface area contributed by atoms with Crippen molar-refractivity contribution in [2.24, 2.45) is 0 Å². The van der Waals surface area contributed by atoms with Crippen molar-refractivity contribution in [2.45, 2.75) is 39.2 Å². The SMILES string of the molecule is CCNC(=O)N1CCC(Nc2ccc(C)c(OCC(F)F)c2)CC1. The molecule has 1 aliphatic heterocycles. The minimum atomic E-state index is -2.49. The van der Waals surface area contributed by atoms with Gasteiger partial charge in [0.05, 0.1) is 0 Å². The average molecular weight is 341 g/mol. The Bertz CT molecular complexity index is 547. The van der Waals surface area contributed by atoms with Crippen molar-refractivity contribution >= 4 is 11.7 Å². The molecule has 5 nitrogen and oxygen atoms in total. The number of hydrogen-bond donors (Lipinski definition) is 2. The Labute approximate surface area is 141 Å². The van der Waals surface area contributed by atoms with Crippen LogP contribution < -0.4 is 15.4 Å². The van der Waals surface area contributed by atoms with Gasteiger partial charge in [-0.05, 0) is 38.3 Å². The molecule has 7 heteroatoms. The Morgan fingerprint density at radius 1 is 1.38 bits per heavy atom. The number of ether oxygens (including phenoxy) is 1. The molecule has 24 heavy (non-hydrogen) atoms. The quantitative estimate of drug-likeness (QED) is 0.835. The van der Waals surface area contributed by atoms with Gasteiger partial charge in [-0.3, -0.25) is 0 Å². The number of aryl methyl sites for hydroxylation is 1. The van der Waals surface area contributed by atoms with Gasteiger partial charge in [0, 0.05) is 37.4 Å². The number of halogens is 2. The molecule has 1 aromatic carbocycles. The van der Waals surface area contributed by atoms with Crippen molar-refractivity contribution in [3.63, 3.8) is 0 Å². The van der Waals surface area contributed by atoms with E-state index in [1.807, 2.05) is 30.9 Å². The lowest BCUT2D eigenvalue weighted by atomic mass is 10.0. The van der Waals surface area contributed by atoms with Crippen molar-refractivity contribution in [1.82, 2.24) is 10.2 Å². The van der Waals surface area contributed by atoms with E-state index in [1.165, 1.54) is 0 Å². The van der Waals surface area contributed by atoms with Gasteiger partial charge in [-0.15, -0.1) is 0 Å². The molecule has 1 aromatic rings. The molecule has 1 aliphatic rings. The highest BCUT2D eigenvalue weighted by Crippen LogP contribution is 2.25. The average Bonchev–Trinajstić information content (AvgIpc) is 2.56. The summed E-state index contributed by atoms with van der Waals surface area (Å²) in [5.41, 5.74) is 1.67. The van der Waals surface area contributed by atoms with Crippen molar-refractivity contribution < 1.29 is 18.3 Å². The van der Waals surface area contributed by atoms with Crippen LogP contribution in [0.25, 0.3) is 0 Å². The summed E-state index contributed by atoms with van der Waals surface area (Å²) < 4.78 is 29.8. The fourth-order valence-electron chi connectivity index (χ4n) is 2.72. The second kappa shape index (κ2) is 8.70. The Morgan fingerprint density at radius 3 is 2.71 bits per heavy atom. The summed E-state index contributed by atoms with van der Waals surface area (Å²) in [7, 11) is 0. The first-order valence-corrected chi connectivity index (χ1v) is 8.30. The number of piperidine rings is 1. The number of nitrogens with zero attached hydrogens (tertiary/aromatic N) is 1. The number of hydrogen-bond acceptors (Lipinski definition) is 3. The molecule has 2 rings (SSSR count). The van der Waals surface area contributed by atoms with Gasteiger partial charge in [-0.2, -0.15) is 0 Å². The smallest absolute Gasteiger partial charge is 0.317 e. The first-order valence-electron chi connectivity index (χ1n) is 8.30. The highest BCUT2D eigenvalue weighted by atomic mass is 19.3. The number of alkyl halides is 2. The number of nitrogens with one attached hydrogen (secondary N) is 2. The molecule has 1 saturated heterocycles. The second-order valence-electron chi connectivity index (χ2n) is 5.92. The van der Waals surface area contributed by atoms with Crippen LogP contribution in [0.5, 0.6) is 5.75 Å². The number of likely N-dealkylation sites (tertiary alicyclic amines) is 1. The second-order valence-corrected chi connectivity index (χ2v) is 5.92. The van der Waals surface area contributed by atoms with Gasteiger partial charge in [0.15, 0.2) is 0 Å². The van der Waals surface area contributed by atoms with Gasteiger partial charge in [0.1, 0.15) is 12.4 Å². The van der Waals surface area contributed by atoms with Crippen LogP contribution in [-0.4, -0.2) is 49.6 Å². The lowest BCUT2D eigenvalue weighted by Gasteiger charge is -2.33. The Hall–Kier alpha value is -2.05. The number of amides is 2. The maximum Gasteiger partial charge on any atom is 0.317 e. The third-order valence-corrected chi connectivity index (χ3v) is 4.03. The van der Waals surface area contributed by atoms with E-state index in [0.29, 0.717) is 25.4 Å². The zero-order valence-electron chi connectivity index (χ0n) is 14.1. The topological polar surface area (TPSA) is 53.6 Å². The zero-order valence-corrected chi connectivity index (χ0v) is 14.1. The Balaban J connectivity index is 1.88. The summed E-state index contributed by atoms with van der Waals surface area (Å²) in [6.45, 7) is 5.15. The summed E-state index contributed by atoms with van der Waals surface area (Å²) in [6, 6.07) is 5.76. The van der Waals surface area contributed by atoms with E-state index in [4.69, 9.17) is 4.74 Å². The van der Waals surface area contributed by atoms with Crippen molar-refractivity contribution in [3.05, 3.63) is 23.8 Å². The molecule has 2 N–H and O–H groups in total. The van der Waals surface area contributed by atoms with Crippen LogP contribution in [0.2, 0.25) is 0 Å². The summed E-state index contributed by atoms with van der Waals surface area (Å²) in [5.74, 6) is 0.472. The predicted molar refractivity (Wildman–Crippen MR) is 90.0 cm³/mol. The molecule has 0 saturated carbocycles. The van der Waals surface area contributed by atoms with Crippen LogP contribution in [0.15, 0.2) is 18.2 Å². The molecule has 0 bridgehead atoms. The predicted octanol–water partition coefficient (Wildman–Crippen LogP) is 3.24. The summed E-state index contributed by atoms with van der Waals surface area (Å²) in [6.07, 6.45) is -0.796. The first-order chi connectivity index (χ1) is 11.5. The van der Waals surface area contributed by atoms with E-state index in [-0.39, 0.29) is 12.1 Å². The largest absolute Gasteiger partial charge is 0.487 e. The summed E-state index contributed by atoms with van der Waals surface area (Å²) in [4.78, 5) is 13.6. The van der Waals surface area contributed by atoms with Crippen LogP contribution in [0.3, 0.4) is 0 Å². The van der Waals surface area contributed by atoms with Gasteiger partial charge in [-0.25, -0.2) is 13.6 Å². The lowest BCUT2D eigenvalue weighted by Crippen LogP contribution is -2.46. The molecule has 0 unspecified atom stereocenters. The van der Waals surface area contributed by atoms with Crippen molar-refractivity contribution in [1.29, 1.82) is 0 Å². The van der Waals surface area contributed by atoms with Gasteiger partial charge in [0.25, 0.3) is 6.43 Å². The molecule has 1 fully saturated rings. The van der Waals surface area contributed by atoms with E-state index in [1.54, 1.807) is 6.07 Å². The van der Waals surface area contributed by atoms with E-state index < -0.39 is 13.0 Å². The zero-order chi connectivity index (χ0) is 17.5. The molecular weight excluding hydrogens is 316 g/mol. The van der Waals surface area contributed by atoms with Crippen LogP contribution in [0, 0.1) is 6.92 Å². The first kappa shape index (κ1) is 18.3. The summed E-state index contributed by atoms with van der Waals surface area (Å²) >= 11 is 0. The highest BCUT2D eigenvalue weighted by molar-refractivity contribution is 5.74. The molecule has 0 aromatic heterocycles. The standard InChI is InChI=1S/C17H25F2N3O2/c1-3-20-17(23)22-8-6-13(7-9-22)21-14-5-4-12(2)15(10-14)24-11-16(18)19/h4-5,10,13,16,21H,3,6-9,11H2,1-2H3,(H,20,23). The monoisotopic (exact) mass is 341 g/mol. The van der Waals surface area contributed by atoms with E-state index in [2.05, 4.69) is 10.6 Å². The van der Waals surface area contributed by atoms with E-state index in [9.17, 15) is 13.6 Å². The molecule has 1 heterocycles. The third-order valence-electron chi connectivity index (χ3n) is 4.03. The molecule has 0 aliphatic carbocycles. The van der Waals surface area contributed by atoms with Crippen molar-refractivity contribution in [2.75, 3.05) is 31.6 Å². The summed E-state index contributed by atoms with van der Waals surface area (Å²) in [5, 5.41) is 6.21. The van der Waals surface area contributed by atoms with Crippen LogP contribution in [0.4, 0.5) is 19.3 Å². The number of carbonyl (C=O) groups is 1. The highest BCUT2D eigenvalue weighted by Gasteiger charge is 2.22.